The lowest BCUT2D eigenvalue weighted by molar-refractivity contribution is 0.138. The van der Waals surface area contributed by atoms with Crippen molar-refractivity contribution in [2.45, 2.75) is 64.0 Å². The summed E-state index contributed by atoms with van der Waals surface area (Å²) in [5, 5.41) is 0. The zero-order valence-electron chi connectivity index (χ0n) is 10.1. The van der Waals surface area contributed by atoms with E-state index in [1.807, 2.05) is 0 Å². The Morgan fingerprint density at radius 1 is 1.20 bits per heavy atom. The molecule has 0 aromatic carbocycles. The van der Waals surface area contributed by atoms with Crippen LogP contribution in [-0.4, -0.2) is 30.1 Å². The third kappa shape index (κ3) is 2.73. The van der Waals surface area contributed by atoms with E-state index >= 15 is 0 Å². The summed E-state index contributed by atoms with van der Waals surface area (Å²) in [5.41, 5.74) is 6.01. The second kappa shape index (κ2) is 5.31. The van der Waals surface area contributed by atoms with Gasteiger partial charge in [-0.2, -0.15) is 0 Å². The van der Waals surface area contributed by atoms with Crippen molar-refractivity contribution < 1.29 is 0 Å². The van der Waals surface area contributed by atoms with Crippen LogP contribution in [0.15, 0.2) is 0 Å². The van der Waals surface area contributed by atoms with Crippen LogP contribution in [0.5, 0.6) is 0 Å². The van der Waals surface area contributed by atoms with Crippen LogP contribution in [0.25, 0.3) is 0 Å². The number of rotatable bonds is 6. The smallest absolute Gasteiger partial charge is 0.0249 e. The first-order chi connectivity index (χ1) is 7.36. The van der Waals surface area contributed by atoms with E-state index in [1.165, 1.54) is 51.5 Å². The number of nitrogens with two attached hydrogens (primary N) is 1. The number of hydrogen-bond acceptors (Lipinski definition) is 2. The van der Waals surface area contributed by atoms with E-state index in [1.54, 1.807) is 0 Å². The molecule has 0 aromatic heterocycles. The SMILES string of the molecule is CCCN(C1CC1)C(CN)C1CCCC1. The molecule has 88 valence electrons. The molecule has 2 rings (SSSR count). The normalized spacial score (nSPS) is 25.0. The minimum atomic E-state index is 0.694. The molecule has 2 heteroatoms. The van der Waals surface area contributed by atoms with Crippen LogP contribution in [0.3, 0.4) is 0 Å². The quantitative estimate of drug-likeness (QED) is 0.729. The molecule has 0 aromatic rings. The molecule has 2 fully saturated rings. The fourth-order valence-electron chi connectivity index (χ4n) is 3.22. The molecule has 2 aliphatic rings. The molecule has 2 N–H and O–H groups in total. The summed E-state index contributed by atoms with van der Waals surface area (Å²) in [6.07, 6.45) is 9.84. The van der Waals surface area contributed by atoms with Crippen LogP contribution in [-0.2, 0) is 0 Å². The van der Waals surface area contributed by atoms with Crippen LogP contribution < -0.4 is 5.73 Å². The predicted molar refractivity (Wildman–Crippen MR) is 64.8 cm³/mol. The Morgan fingerprint density at radius 2 is 1.87 bits per heavy atom. The Hall–Kier alpha value is -0.0800. The Morgan fingerprint density at radius 3 is 2.33 bits per heavy atom. The van der Waals surface area contributed by atoms with E-state index < -0.39 is 0 Å². The highest BCUT2D eigenvalue weighted by molar-refractivity contribution is 4.92. The van der Waals surface area contributed by atoms with Crippen molar-refractivity contribution in [3.63, 3.8) is 0 Å². The third-order valence-electron chi connectivity index (χ3n) is 4.11. The summed E-state index contributed by atoms with van der Waals surface area (Å²) >= 11 is 0. The minimum Gasteiger partial charge on any atom is -0.329 e. The third-order valence-corrected chi connectivity index (χ3v) is 4.11. The Labute approximate surface area is 94.2 Å². The maximum atomic E-state index is 6.01. The van der Waals surface area contributed by atoms with Gasteiger partial charge in [-0.15, -0.1) is 0 Å². The van der Waals surface area contributed by atoms with E-state index in [0.717, 1.165) is 18.5 Å². The van der Waals surface area contributed by atoms with Crippen molar-refractivity contribution >= 4 is 0 Å². The highest BCUT2D eigenvalue weighted by Crippen LogP contribution is 2.35. The zero-order chi connectivity index (χ0) is 10.7. The van der Waals surface area contributed by atoms with Gasteiger partial charge in [-0.1, -0.05) is 19.8 Å². The van der Waals surface area contributed by atoms with Gasteiger partial charge in [0.05, 0.1) is 0 Å². The monoisotopic (exact) mass is 210 g/mol. The van der Waals surface area contributed by atoms with Gasteiger partial charge < -0.3 is 5.73 Å². The van der Waals surface area contributed by atoms with Gasteiger partial charge in [-0.3, -0.25) is 4.90 Å². The molecule has 0 radical (unpaired) electrons. The molecule has 0 bridgehead atoms. The van der Waals surface area contributed by atoms with Gasteiger partial charge in [0.25, 0.3) is 0 Å². The summed E-state index contributed by atoms with van der Waals surface area (Å²) in [5.74, 6) is 0.905. The molecule has 0 amide bonds. The molecule has 2 aliphatic carbocycles. The molecule has 1 atom stereocenters. The molecule has 2 nitrogen and oxygen atoms in total. The van der Waals surface area contributed by atoms with Gasteiger partial charge in [0, 0.05) is 18.6 Å². The van der Waals surface area contributed by atoms with Crippen LogP contribution in [0, 0.1) is 5.92 Å². The molecular weight excluding hydrogens is 184 g/mol. The van der Waals surface area contributed by atoms with Gasteiger partial charge in [0.1, 0.15) is 0 Å². The summed E-state index contributed by atoms with van der Waals surface area (Å²) in [7, 11) is 0. The Balaban J connectivity index is 1.94. The number of hydrogen-bond donors (Lipinski definition) is 1. The molecule has 0 saturated heterocycles. The van der Waals surface area contributed by atoms with Gasteiger partial charge in [0.2, 0.25) is 0 Å². The van der Waals surface area contributed by atoms with Gasteiger partial charge in [-0.05, 0) is 44.6 Å². The zero-order valence-corrected chi connectivity index (χ0v) is 10.1. The molecule has 15 heavy (non-hydrogen) atoms. The summed E-state index contributed by atoms with van der Waals surface area (Å²) < 4.78 is 0. The van der Waals surface area contributed by atoms with Crippen molar-refractivity contribution in [3.05, 3.63) is 0 Å². The van der Waals surface area contributed by atoms with E-state index in [4.69, 9.17) is 5.73 Å². The van der Waals surface area contributed by atoms with Crippen LogP contribution in [0.1, 0.15) is 51.9 Å². The van der Waals surface area contributed by atoms with Gasteiger partial charge >= 0.3 is 0 Å². The van der Waals surface area contributed by atoms with E-state index in [9.17, 15) is 0 Å². The molecule has 2 saturated carbocycles. The maximum Gasteiger partial charge on any atom is 0.0249 e. The molecular formula is C13H26N2. The summed E-state index contributed by atoms with van der Waals surface area (Å²) in [6, 6.07) is 1.58. The standard InChI is InChI=1S/C13H26N2/c1-2-9-15(12-7-8-12)13(10-14)11-5-3-4-6-11/h11-13H,2-10,14H2,1H3. The highest BCUT2D eigenvalue weighted by Gasteiger charge is 2.36. The van der Waals surface area contributed by atoms with E-state index in [0.29, 0.717) is 6.04 Å². The Kier molecular flexibility index (Phi) is 4.04. The highest BCUT2D eigenvalue weighted by atomic mass is 15.2. The lowest BCUT2D eigenvalue weighted by Crippen LogP contribution is -2.46. The number of nitrogens with zero attached hydrogens (tertiary/aromatic N) is 1. The second-order valence-electron chi connectivity index (χ2n) is 5.32. The summed E-state index contributed by atoms with van der Waals surface area (Å²) in [6.45, 7) is 4.43. The molecule has 0 aliphatic heterocycles. The van der Waals surface area contributed by atoms with Crippen molar-refractivity contribution in [2.75, 3.05) is 13.1 Å². The predicted octanol–water partition coefficient (Wildman–Crippen LogP) is 2.38. The van der Waals surface area contributed by atoms with E-state index in [2.05, 4.69) is 11.8 Å². The molecule has 0 heterocycles. The van der Waals surface area contributed by atoms with E-state index in [-0.39, 0.29) is 0 Å². The van der Waals surface area contributed by atoms with Crippen molar-refractivity contribution in [1.29, 1.82) is 0 Å². The summed E-state index contributed by atoms with van der Waals surface area (Å²) in [4.78, 5) is 2.73. The first-order valence-electron chi connectivity index (χ1n) is 6.82. The fraction of sp³-hybridized carbons (Fsp3) is 1.00. The van der Waals surface area contributed by atoms with Crippen LogP contribution in [0.2, 0.25) is 0 Å². The van der Waals surface area contributed by atoms with Crippen LogP contribution in [0.4, 0.5) is 0 Å². The van der Waals surface area contributed by atoms with Crippen molar-refractivity contribution in [3.8, 4) is 0 Å². The van der Waals surface area contributed by atoms with Gasteiger partial charge in [0.15, 0.2) is 0 Å². The average Bonchev–Trinajstić information content (AvgIpc) is 2.96. The van der Waals surface area contributed by atoms with Crippen molar-refractivity contribution in [2.24, 2.45) is 11.7 Å². The lowest BCUT2D eigenvalue weighted by atomic mass is 9.96. The molecule has 0 spiro atoms. The Bertz CT molecular complexity index is 183. The lowest BCUT2D eigenvalue weighted by Gasteiger charge is -2.35. The average molecular weight is 210 g/mol. The van der Waals surface area contributed by atoms with Crippen molar-refractivity contribution in [1.82, 2.24) is 4.90 Å². The largest absolute Gasteiger partial charge is 0.329 e. The van der Waals surface area contributed by atoms with Gasteiger partial charge in [-0.25, -0.2) is 0 Å². The fourth-order valence-corrected chi connectivity index (χ4v) is 3.22. The maximum absolute atomic E-state index is 6.01. The first kappa shape index (κ1) is 11.4. The minimum absolute atomic E-state index is 0.694. The first-order valence-corrected chi connectivity index (χ1v) is 6.82. The van der Waals surface area contributed by atoms with Crippen LogP contribution >= 0.6 is 0 Å². The second-order valence-corrected chi connectivity index (χ2v) is 5.32. The molecule has 1 unspecified atom stereocenters. The topological polar surface area (TPSA) is 29.3 Å².